The molecule has 0 aliphatic carbocycles. The molecule has 3 aromatic heterocycles. The third-order valence-electron chi connectivity index (χ3n) is 4.76. The van der Waals surface area contributed by atoms with E-state index in [1.165, 1.54) is 16.9 Å². The zero-order chi connectivity index (χ0) is 21.1. The molecule has 1 aromatic carbocycles. The summed E-state index contributed by atoms with van der Waals surface area (Å²) < 4.78 is 0. The second kappa shape index (κ2) is 8.16. The summed E-state index contributed by atoms with van der Waals surface area (Å²) in [5, 5.41) is 3.47. The first-order valence-corrected chi connectivity index (χ1v) is 10.5. The van der Waals surface area contributed by atoms with Crippen molar-refractivity contribution in [1.82, 2.24) is 15.0 Å². The standard InChI is InChI=1S/C24H22N4OS/c1-24(2,3)19-6-4-16(5-7-19)20-21(17-8-12-25-13-9-17)30-23(27-20)28-22(29)18-10-14-26-15-11-18/h4-15H,1-3H3,(H,27,28,29). The number of rotatable bonds is 4. The minimum atomic E-state index is -0.206. The zero-order valence-corrected chi connectivity index (χ0v) is 17.9. The number of pyridine rings is 2. The number of carbonyl (C=O) groups excluding carboxylic acids is 1. The Morgan fingerprint density at radius 3 is 2.03 bits per heavy atom. The van der Waals surface area contributed by atoms with Gasteiger partial charge in [0, 0.05) is 35.9 Å². The van der Waals surface area contributed by atoms with Crippen molar-refractivity contribution in [2.45, 2.75) is 26.2 Å². The van der Waals surface area contributed by atoms with Crippen LogP contribution < -0.4 is 5.32 Å². The van der Waals surface area contributed by atoms with Crippen LogP contribution in [-0.4, -0.2) is 20.9 Å². The van der Waals surface area contributed by atoms with Crippen molar-refractivity contribution in [3.05, 3.63) is 84.4 Å². The number of carbonyl (C=O) groups is 1. The maximum atomic E-state index is 12.6. The van der Waals surface area contributed by atoms with Crippen molar-refractivity contribution in [2.24, 2.45) is 0 Å². The van der Waals surface area contributed by atoms with E-state index in [0.29, 0.717) is 10.7 Å². The molecule has 5 nitrogen and oxygen atoms in total. The minimum Gasteiger partial charge on any atom is -0.298 e. The Labute approximate surface area is 179 Å². The first kappa shape index (κ1) is 19.9. The summed E-state index contributed by atoms with van der Waals surface area (Å²) in [6.07, 6.45) is 6.72. The van der Waals surface area contributed by atoms with E-state index in [2.05, 4.69) is 60.3 Å². The third-order valence-corrected chi connectivity index (χ3v) is 5.78. The number of hydrogen-bond donors (Lipinski definition) is 1. The smallest absolute Gasteiger partial charge is 0.257 e. The number of thiazole rings is 1. The van der Waals surface area contributed by atoms with E-state index >= 15 is 0 Å². The van der Waals surface area contributed by atoms with Crippen molar-refractivity contribution in [1.29, 1.82) is 0 Å². The lowest BCUT2D eigenvalue weighted by Crippen LogP contribution is -2.11. The molecule has 0 unspecified atom stereocenters. The summed E-state index contributed by atoms with van der Waals surface area (Å²) in [5.74, 6) is -0.206. The summed E-state index contributed by atoms with van der Waals surface area (Å²) >= 11 is 1.45. The molecule has 1 amide bonds. The average molecular weight is 415 g/mol. The maximum Gasteiger partial charge on any atom is 0.257 e. The molecule has 0 atom stereocenters. The van der Waals surface area contributed by atoms with E-state index in [4.69, 9.17) is 4.98 Å². The van der Waals surface area contributed by atoms with Crippen LogP contribution in [0.25, 0.3) is 21.7 Å². The third kappa shape index (κ3) is 4.28. The highest BCUT2D eigenvalue weighted by Crippen LogP contribution is 2.39. The predicted octanol–water partition coefficient (Wildman–Crippen LogP) is 5.82. The Kier molecular flexibility index (Phi) is 5.42. The number of hydrogen-bond acceptors (Lipinski definition) is 5. The lowest BCUT2D eigenvalue weighted by Gasteiger charge is -2.19. The fourth-order valence-electron chi connectivity index (χ4n) is 3.07. The molecule has 0 spiro atoms. The Balaban J connectivity index is 1.72. The Hall–Kier alpha value is -3.38. The molecule has 150 valence electrons. The predicted molar refractivity (Wildman–Crippen MR) is 122 cm³/mol. The molecule has 0 saturated carbocycles. The van der Waals surface area contributed by atoms with Gasteiger partial charge in [-0.1, -0.05) is 56.4 Å². The van der Waals surface area contributed by atoms with Crippen molar-refractivity contribution in [3.63, 3.8) is 0 Å². The summed E-state index contributed by atoms with van der Waals surface area (Å²) in [6.45, 7) is 6.58. The number of amides is 1. The maximum absolute atomic E-state index is 12.6. The van der Waals surface area contributed by atoms with Crippen LogP contribution in [0.2, 0.25) is 0 Å². The van der Waals surface area contributed by atoms with Crippen LogP contribution in [0.15, 0.2) is 73.3 Å². The first-order valence-electron chi connectivity index (χ1n) is 9.65. The fourth-order valence-corrected chi connectivity index (χ4v) is 4.06. The van der Waals surface area contributed by atoms with Gasteiger partial charge in [-0.25, -0.2) is 4.98 Å². The van der Waals surface area contributed by atoms with Gasteiger partial charge in [0.25, 0.3) is 5.91 Å². The van der Waals surface area contributed by atoms with Gasteiger partial charge in [0.05, 0.1) is 10.6 Å². The average Bonchev–Trinajstić information content (AvgIpc) is 3.18. The van der Waals surface area contributed by atoms with Gasteiger partial charge >= 0.3 is 0 Å². The van der Waals surface area contributed by atoms with Crippen LogP contribution in [-0.2, 0) is 5.41 Å². The highest BCUT2D eigenvalue weighted by Gasteiger charge is 2.18. The molecule has 3 heterocycles. The molecule has 0 radical (unpaired) electrons. The van der Waals surface area contributed by atoms with Gasteiger partial charge in [0.1, 0.15) is 0 Å². The quantitative estimate of drug-likeness (QED) is 0.457. The second-order valence-electron chi connectivity index (χ2n) is 7.95. The highest BCUT2D eigenvalue weighted by atomic mass is 32.1. The molecule has 0 aliphatic heterocycles. The van der Waals surface area contributed by atoms with Gasteiger partial charge in [0.15, 0.2) is 5.13 Å². The highest BCUT2D eigenvalue weighted by molar-refractivity contribution is 7.19. The Bertz CT molecular complexity index is 1150. The van der Waals surface area contributed by atoms with Crippen LogP contribution in [0.5, 0.6) is 0 Å². The Morgan fingerprint density at radius 1 is 0.833 bits per heavy atom. The molecule has 30 heavy (non-hydrogen) atoms. The lowest BCUT2D eigenvalue weighted by molar-refractivity contribution is 0.102. The van der Waals surface area contributed by atoms with Crippen molar-refractivity contribution in [3.8, 4) is 21.7 Å². The van der Waals surface area contributed by atoms with Crippen molar-refractivity contribution >= 4 is 22.4 Å². The van der Waals surface area contributed by atoms with Crippen LogP contribution in [0.4, 0.5) is 5.13 Å². The molecule has 0 bridgehead atoms. The SMILES string of the molecule is CC(C)(C)c1ccc(-c2nc(NC(=O)c3ccncc3)sc2-c2ccncc2)cc1. The number of anilines is 1. The normalized spacial score (nSPS) is 11.3. The van der Waals surface area contributed by atoms with Gasteiger partial charge < -0.3 is 0 Å². The number of nitrogens with one attached hydrogen (secondary N) is 1. The largest absolute Gasteiger partial charge is 0.298 e. The molecule has 0 fully saturated rings. The van der Waals surface area contributed by atoms with Gasteiger partial charge in [-0.3, -0.25) is 20.1 Å². The number of nitrogens with zero attached hydrogens (tertiary/aromatic N) is 3. The van der Waals surface area contributed by atoms with E-state index in [0.717, 1.165) is 21.7 Å². The monoisotopic (exact) mass is 414 g/mol. The molecule has 0 saturated heterocycles. The van der Waals surface area contributed by atoms with Crippen LogP contribution in [0.1, 0.15) is 36.7 Å². The number of aromatic nitrogens is 3. The molecular weight excluding hydrogens is 392 g/mol. The van der Waals surface area contributed by atoms with E-state index in [1.54, 1.807) is 36.9 Å². The summed E-state index contributed by atoms with van der Waals surface area (Å²) in [7, 11) is 0. The fraction of sp³-hybridized carbons (Fsp3) is 0.167. The van der Waals surface area contributed by atoms with E-state index in [9.17, 15) is 4.79 Å². The molecule has 6 heteroatoms. The lowest BCUT2D eigenvalue weighted by atomic mass is 9.86. The molecular formula is C24H22N4OS. The molecule has 4 rings (SSSR count). The topological polar surface area (TPSA) is 67.8 Å². The van der Waals surface area contributed by atoms with E-state index < -0.39 is 0 Å². The Morgan fingerprint density at radius 2 is 1.43 bits per heavy atom. The second-order valence-corrected chi connectivity index (χ2v) is 8.95. The zero-order valence-electron chi connectivity index (χ0n) is 17.1. The van der Waals surface area contributed by atoms with Gasteiger partial charge in [-0.2, -0.15) is 0 Å². The van der Waals surface area contributed by atoms with Crippen LogP contribution in [0, 0.1) is 0 Å². The summed E-state index contributed by atoms with van der Waals surface area (Å²) in [4.78, 5) is 26.4. The molecule has 4 aromatic rings. The number of benzene rings is 1. The van der Waals surface area contributed by atoms with Gasteiger partial charge in [-0.05, 0) is 40.8 Å². The first-order chi connectivity index (χ1) is 14.4. The van der Waals surface area contributed by atoms with Crippen LogP contribution in [0.3, 0.4) is 0 Å². The van der Waals surface area contributed by atoms with Crippen molar-refractivity contribution < 1.29 is 4.79 Å². The van der Waals surface area contributed by atoms with Crippen molar-refractivity contribution in [2.75, 3.05) is 5.32 Å². The van der Waals surface area contributed by atoms with Gasteiger partial charge in [0.2, 0.25) is 0 Å². The van der Waals surface area contributed by atoms with Crippen LogP contribution >= 0.6 is 11.3 Å². The molecule has 1 N–H and O–H groups in total. The summed E-state index contributed by atoms with van der Waals surface area (Å²) in [6, 6.07) is 15.7. The van der Waals surface area contributed by atoms with E-state index in [1.807, 2.05) is 12.1 Å². The van der Waals surface area contributed by atoms with Gasteiger partial charge in [-0.15, -0.1) is 0 Å². The van der Waals surface area contributed by atoms with E-state index in [-0.39, 0.29) is 11.3 Å². The molecule has 0 aliphatic rings. The minimum absolute atomic E-state index is 0.0816. The summed E-state index contributed by atoms with van der Waals surface area (Å²) in [5.41, 5.74) is 4.76.